The predicted octanol–water partition coefficient (Wildman–Crippen LogP) is -0.382. The van der Waals surface area contributed by atoms with Crippen LogP contribution in [0.15, 0.2) is 0 Å². The fraction of sp³-hybridized carbons (Fsp3) is 0.800. The number of aliphatic hydroxyl groups is 1. The number of nitrogens with zero attached hydrogens (tertiary/aromatic N) is 1. The highest BCUT2D eigenvalue weighted by atomic mass is 16.4. The van der Waals surface area contributed by atoms with Gasteiger partial charge in [-0.05, 0) is 13.3 Å². The van der Waals surface area contributed by atoms with Crippen molar-refractivity contribution in [3.05, 3.63) is 0 Å². The Bertz CT molecular complexity index is 269. The largest absolute Gasteiger partial charge is 0.481 e. The zero-order chi connectivity index (χ0) is 13.1. The molecule has 3 N–H and O–H groups in total. The molecule has 6 heteroatoms. The molecular formula is C10H20NO5+. The Morgan fingerprint density at radius 2 is 1.56 bits per heavy atom. The van der Waals surface area contributed by atoms with Gasteiger partial charge < -0.3 is 19.8 Å². The van der Waals surface area contributed by atoms with E-state index in [0.717, 1.165) is 0 Å². The maximum atomic E-state index is 11.1. The summed E-state index contributed by atoms with van der Waals surface area (Å²) in [6, 6.07) is -1.08. The monoisotopic (exact) mass is 234 g/mol. The van der Waals surface area contributed by atoms with Crippen molar-refractivity contribution in [2.24, 2.45) is 5.92 Å². The summed E-state index contributed by atoms with van der Waals surface area (Å²) in [5, 5.41) is 27.3. The molecule has 0 aliphatic heterocycles. The highest BCUT2D eigenvalue weighted by Gasteiger charge is 2.43. The Morgan fingerprint density at radius 1 is 1.12 bits per heavy atom. The summed E-state index contributed by atoms with van der Waals surface area (Å²) < 4.78 is -0.000972. The molecule has 3 atom stereocenters. The van der Waals surface area contributed by atoms with E-state index < -0.39 is 30.0 Å². The van der Waals surface area contributed by atoms with Crippen LogP contribution in [-0.2, 0) is 9.59 Å². The molecule has 0 spiro atoms. The second kappa shape index (κ2) is 5.27. The van der Waals surface area contributed by atoms with Crippen LogP contribution in [0.25, 0.3) is 0 Å². The second-order valence-corrected chi connectivity index (χ2v) is 4.93. The first-order chi connectivity index (χ1) is 7.07. The van der Waals surface area contributed by atoms with Crippen LogP contribution >= 0.6 is 0 Å². The van der Waals surface area contributed by atoms with E-state index >= 15 is 0 Å². The van der Waals surface area contributed by atoms with Gasteiger partial charge in [0.1, 0.15) is 5.92 Å². The molecule has 16 heavy (non-hydrogen) atoms. The van der Waals surface area contributed by atoms with Crippen LogP contribution in [0.3, 0.4) is 0 Å². The van der Waals surface area contributed by atoms with Gasteiger partial charge in [-0.25, -0.2) is 4.79 Å². The molecule has 94 valence electrons. The summed E-state index contributed by atoms with van der Waals surface area (Å²) in [6.45, 7) is 1.45. The number of carboxylic acid groups (broad SMARTS) is 2. The van der Waals surface area contributed by atoms with E-state index in [1.165, 1.54) is 6.92 Å². The van der Waals surface area contributed by atoms with Crippen molar-refractivity contribution in [2.45, 2.75) is 25.5 Å². The fourth-order valence-corrected chi connectivity index (χ4v) is 1.78. The average Bonchev–Trinajstić information content (AvgIpc) is 1.97. The third-order valence-corrected chi connectivity index (χ3v) is 2.38. The molecule has 0 amide bonds. The quantitative estimate of drug-likeness (QED) is 0.544. The van der Waals surface area contributed by atoms with Gasteiger partial charge in [-0.15, -0.1) is 0 Å². The number of carbonyl (C=O) groups is 2. The molecule has 0 aromatic carbocycles. The predicted molar refractivity (Wildman–Crippen MR) is 56.9 cm³/mol. The topological polar surface area (TPSA) is 94.8 Å². The molecule has 0 radical (unpaired) electrons. The maximum absolute atomic E-state index is 11.1. The molecule has 0 rings (SSSR count). The summed E-state index contributed by atoms with van der Waals surface area (Å²) in [6.07, 6.45) is -0.906. The molecule has 0 bridgehead atoms. The molecule has 2 unspecified atom stereocenters. The summed E-state index contributed by atoms with van der Waals surface area (Å²) >= 11 is 0. The molecule has 0 aliphatic carbocycles. The molecule has 0 aromatic rings. The minimum atomic E-state index is -1.19. The van der Waals surface area contributed by atoms with Gasteiger partial charge in [-0.1, -0.05) is 0 Å². The summed E-state index contributed by atoms with van der Waals surface area (Å²) in [4.78, 5) is 22.2. The zero-order valence-electron chi connectivity index (χ0n) is 10.0. The van der Waals surface area contributed by atoms with Crippen molar-refractivity contribution in [1.29, 1.82) is 0 Å². The number of hydrogen-bond donors (Lipinski definition) is 3. The number of likely N-dealkylation sites (N-methyl/N-ethyl adjacent to an activating group) is 1. The first kappa shape index (κ1) is 14.9. The average molecular weight is 234 g/mol. The van der Waals surface area contributed by atoms with Crippen molar-refractivity contribution >= 4 is 11.9 Å². The van der Waals surface area contributed by atoms with Gasteiger partial charge in [0.15, 0.2) is 6.04 Å². The number of aliphatic hydroxyl groups excluding tert-OH is 1. The number of rotatable bonds is 6. The van der Waals surface area contributed by atoms with E-state index in [-0.39, 0.29) is 10.9 Å². The van der Waals surface area contributed by atoms with Crippen molar-refractivity contribution < 1.29 is 29.4 Å². The van der Waals surface area contributed by atoms with Crippen LogP contribution in [-0.4, -0.2) is 65.0 Å². The van der Waals surface area contributed by atoms with Crippen molar-refractivity contribution in [2.75, 3.05) is 21.1 Å². The standard InChI is InChI=1S/C10H19NO5/c1-6(12)5-7(9(13)14)8(10(15)16)11(2,3)4/h6-8,12H,5H2,1-4H3,(H-,13,14,15,16)/p+1/t6-,7?,8?/m0/s1. The van der Waals surface area contributed by atoms with Gasteiger partial charge in [0.2, 0.25) is 0 Å². The number of carboxylic acids is 2. The Hall–Kier alpha value is -1.14. The molecule has 0 saturated heterocycles. The van der Waals surface area contributed by atoms with Gasteiger partial charge in [-0.3, -0.25) is 4.79 Å². The lowest BCUT2D eigenvalue weighted by molar-refractivity contribution is -0.890. The fourth-order valence-electron chi connectivity index (χ4n) is 1.78. The van der Waals surface area contributed by atoms with Crippen molar-refractivity contribution in [3.8, 4) is 0 Å². The molecule has 0 fully saturated rings. The molecule has 0 aliphatic rings. The molecule has 6 nitrogen and oxygen atoms in total. The van der Waals surface area contributed by atoms with Crippen LogP contribution in [0.4, 0.5) is 0 Å². The molecule has 0 heterocycles. The summed E-state index contributed by atoms with van der Waals surface area (Å²) in [5.41, 5.74) is 0. The van der Waals surface area contributed by atoms with Gasteiger partial charge in [-0.2, -0.15) is 0 Å². The first-order valence-electron chi connectivity index (χ1n) is 5.02. The lowest BCUT2D eigenvalue weighted by Crippen LogP contribution is -2.56. The smallest absolute Gasteiger partial charge is 0.363 e. The number of hydrogen-bond acceptors (Lipinski definition) is 3. The third-order valence-electron chi connectivity index (χ3n) is 2.38. The third kappa shape index (κ3) is 4.16. The van der Waals surface area contributed by atoms with E-state index in [1.54, 1.807) is 21.1 Å². The van der Waals surface area contributed by atoms with Crippen LogP contribution in [0.1, 0.15) is 13.3 Å². The Kier molecular flexibility index (Phi) is 4.89. The zero-order valence-corrected chi connectivity index (χ0v) is 10.0. The normalized spacial score (nSPS) is 17.6. The van der Waals surface area contributed by atoms with E-state index in [0.29, 0.717) is 0 Å². The first-order valence-corrected chi connectivity index (χ1v) is 5.02. The molecular weight excluding hydrogens is 214 g/mol. The van der Waals surface area contributed by atoms with E-state index in [4.69, 9.17) is 10.2 Å². The maximum Gasteiger partial charge on any atom is 0.363 e. The number of quaternary nitrogens is 1. The minimum absolute atomic E-state index is 0.000972. The molecule has 0 saturated carbocycles. The Labute approximate surface area is 94.7 Å². The Morgan fingerprint density at radius 3 is 1.75 bits per heavy atom. The van der Waals surface area contributed by atoms with E-state index in [9.17, 15) is 14.7 Å². The van der Waals surface area contributed by atoms with E-state index in [2.05, 4.69) is 0 Å². The van der Waals surface area contributed by atoms with Gasteiger partial charge >= 0.3 is 11.9 Å². The van der Waals surface area contributed by atoms with Crippen molar-refractivity contribution in [1.82, 2.24) is 0 Å². The SMILES string of the molecule is C[C@H](O)CC(C(=O)O)C(C(=O)O)[N+](C)(C)C. The van der Waals surface area contributed by atoms with Gasteiger partial charge in [0, 0.05) is 0 Å². The number of aliphatic carboxylic acids is 2. The summed E-state index contributed by atoms with van der Waals surface area (Å²) in [5.74, 6) is -3.46. The van der Waals surface area contributed by atoms with Crippen LogP contribution in [0.2, 0.25) is 0 Å². The highest BCUT2D eigenvalue weighted by Crippen LogP contribution is 2.20. The molecule has 0 aromatic heterocycles. The van der Waals surface area contributed by atoms with Crippen LogP contribution < -0.4 is 0 Å². The highest BCUT2D eigenvalue weighted by molar-refractivity contribution is 5.81. The van der Waals surface area contributed by atoms with Crippen LogP contribution in [0, 0.1) is 5.92 Å². The second-order valence-electron chi connectivity index (χ2n) is 4.93. The lowest BCUT2D eigenvalue weighted by atomic mass is 9.92. The van der Waals surface area contributed by atoms with Crippen molar-refractivity contribution in [3.63, 3.8) is 0 Å². The Balaban J connectivity index is 5.12. The van der Waals surface area contributed by atoms with Crippen LogP contribution in [0.5, 0.6) is 0 Å². The lowest BCUT2D eigenvalue weighted by Gasteiger charge is -2.34. The minimum Gasteiger partial charge on any atom is -0.481 e. The van der Waals surface area contributed by atoms with Gasteiger partial charge in [0.25, 0.3) is 0 Å². The summed E-state index contributed by atoms with van der Waals surface area (Å²) in [7, 11) is 4.87. The van der Waals surface area contributed by atoms with Gasteiger partial charge in [0.05, 0.1) is 27.2 Å². The van der Waals surface area contributed by atoms with E-state index in [1.807, 2.05) is 0 Å².